The fraction of sp³-hybridized carbons (Fsp3) is 0.333. The Morgan fingerprint density at radius 2 is 1.81 bits per heavy atom. The lowest BCUT2D eigenvalue weighted by molar-refractivity contribution is -0.120. The van der Waals surface area contributed by atoms with E-state index in [2.05, 4.69) is 10.3 Å². The minimum atomic E-state index is -3.55. The lowest BCUT2D eigenvalue weighted by Gasteiger charge is -2.30. The van der Waals surface area contributed by atoms with E-state index in [1.165, 1.54) is 4.31 Å². The first-order valence-electron chi connectivity index (χ1n) is 10.7. The molecule has 0 aliphatic carbocycles. The number of sulfonamides is 1. The quantitative estimate of drug-likeness (QED) is 0.639. The largest absolute Gasteiger partial charge is 0.334 e. The van der Waals surface area contributed by atoms with Crippen LogP contribution in [0, 0.1) is 19.8 Å². The third-order valence-corrected chi connectivity index (χ3v) is 8.04. The van der Waals surface area contributed by atoms with Gasteiger partial charge in [-0.05, 0) is 62.1 Å². The van der Waals surface area contributed by atoms with Crippen LogP contribution in [0.3, 0.4) is 0 Å². The van der Waals surface area contributed by atoms with Crippen molar-refractivity contribution in [2.75, 3.05) is 18.4 Å². The summed E-state index contributed by atoms with van der Waals surface area (Å²) < 4.78 is 29.4. The maximum Gasteiger partial charge on any atom is 0.243 e. The van der Waals surface area contributed by atoms with E-state index in [0.717, 1.165) is 22.5 Å². The van der Waals surface area contributed by atoms with Gasteiger partial charge in [0.05, 0.1) is 4.90 Å². The predicted octanol–water partition coefficient (Wildman–Crippen LogP) is 3.74. The van der Waals surface area contributed by atoms with Gasteiger partial charge >= 0.3 is 0 Å². The highest BCUT2D eigenvalue weighted by atomic mass is 32.2. The molecule has 0 spiro atoms. The summed E-state index contributed by atoms with van der Waals surface area (Å²) >= 11 is 0. The monoisotopic (exact) mass is 452 g/mol. The summed E-state index contributed by atoms with van der Waals surface area (Å²) in [5.41, 5.74) is 3.64. The van der Waals surface area contributed by atoms with E-state index in [-0.39, 0.29) is 11.8 Å². The fourth-order valence-corrected chi connectivity index (χ4v) is 5.56. The van der Waals surface area contributed by atoms with Crippen LogP contribution >= 0.6 is 0 Å². The molecule has 168 valence electrons. The van der Waals surface area contributed by atoms with Crippen molar-refractivity contribution in [1.29, 1.82) is 0 Å². The number of hydrogen-bond acceptors (Lipinski definition) is 4. The number of nitrogens with one attached hydrogen (secondary N) is 1. The first-order chi connectivity index (χ1) is 15.3. The molecule has 0 atom stereocenters. The first-order valence-corrected chi connectivity index (χ1v) is 12.2. The summed E-state index contributed by atoms with van der Waals surface area (Å²) in [4.78, 5) is 17.5. The first kappa shape index (κ1) is 22.2. The topological polar surface area (TPSA) is 84.3 Å². The Balaban J connectivity index is 1.40. The van der Waals surface area contributed by atoms with Crippen molar-refractivity contribution in [2.24, 2.45) is 13.0 Å². The summed E-state index contributed by atoms with van der Waals surface area (Å²) in [6.07, 6.45) is 4.60. The van der Waals surface area contributed by atoms with Crippen LogP contribution in [0.2, 0.25) is 0 Å². The maximum absolute atomic E-state index is 13.0. The molecule has 1 aliphatic rings. The fourth-order valence-electron chi connectivity index (χ4n) is 4.01. The molecule has 1 saturated heterocycles. The van der Waals surface area contributed by atoms with E-state index in [1.54, 1.807) is 18.3 Å². The molecule has 1 aliphatic heterocycles. The summed E-state index contributed by atoms with van der Waals surface area (Å²) in [5, 5.41) is 2.99. The van der Waals surface area contributed by atoms with Crippen LogP contribution in [0.1, 0.15) is 24.0 Å². The highest BCUT2D eigenvalue weighted by Crippen LogP contribution is 2.27. The van der Waals surface area contributed by atoms with Crippen molar-refractivity contribution < 1.29 is 13.2 Å². The van der Waals surface area contributed by atoms with E-state index in [4.69, 9.17) is 0 Å². The van der Waals surface area contributed by atoms with Crippen molar-refractivity contribution in [3.8, 4) is 11.4 Å². The van der Waals surface area contributed by atoms with Crippen LogP contribution in [0.25, 0.3) is 11.4 Å². The van der Waals surface area contributed by atoms with Crippen molar-refractivity contribution in [3.05, 3.63) is 66.0 Å². The molecule has 7 nitrogen and oxygen atoms in total. The molecule has 0 saturated carbocycles. The lowest BCUT2D eigenvalue weighted by atomic mass is 9.97. The number of aromatic nitrogens is 2. The summed E-state index contributed by atoms with van der Waals surface area (Å²) in [6, 6.07) is 12.8. The number of imidazole rings is 1. The number of carbonyl (C=O) groups is 1. The normalized spacial score (nSPS) is 15.6. The predicted molar refractivity (Wildman–Crippen MR) is 125 cm³/mol. The van der Waals surface area contributed by atoms with E-state index in [9.17, 15) is 13.2 Å². The van der Waals surface area contributed by atoms with Gasteiger partial charge in [0.25, 0.3) is 0 Å². The SMILES string of the molecule is Cc1ccc(S(=O)(=O)N2CCC(C(=O)Nc3cccc(-c4nccn4C)c3)CC2)cc1C. The number of piperidine rings is 1. The van der Waals surface area contributed by atoms with Gasteiger partial charge in [0.2, 0.25) is 15.9 Å². The van der Waals surface area contributed by atoms with E-state index in [0.29, 0.717) is 36.5 Å². The van der Waals surface area contributed by atoms with Gasteiger partial charge in [0.15, 0.2) is 0 Å². The second-order valence-corrected chi connectivity index (χ2v) is 10.3. The lowest BCUT2D eigenvalue weighted by Crippen LogP contribution is -2.41. The van der Waals surface area contributed by atoms with E-state index < -0.39 is 10.0 Å². The Kier molecular flexibility index (Phi) is 6.17. The van der Waals surface area contributed by atoms with Gasteiger partial charge < -0.3 is 9.88 Å². The van der Waals surface area contributed by atoms with Crippen molar-refractivity contribution >= 4 is 21.6 Å². The Bertz CT molecular complexity index is 1240. The van der Waals surface area contributed by atoms with Crippen LogP contribution in [-0.4, -0.2) is 41.3 Å². The van der Waals surface area contributed by atoms with Gasteiger partial charge in [-0.1, -0.05) is 18.2 Å². The van der Waals surface area contributed by atoms with E-state index in [1.807, 2.05) is 62.0 Å². The molecule has 0 unspecified atom stereocenters. The average molecular weight is 453 g/mol. The summed E-state index contributed by atoms with van der Waals surface area (Å²) in [6.45, 7) is 4.54. The minimum absolute atomic E-state index is 0.0785. The Hall–Kier alpha value is -2.97. The Morgan fingerprint density at radius 1 is 1.06 bits per heavy atom. The molecule has 2 aromatic carbocycles. The molecule has 1 amide bonds. The van der Waals surface area contributed by atoms with Gasteiger partial charge in [-0.2, -0.15) is 4.31 Å². The molecular weight excluding hydrogens is 424 g/mol. The smallest absolute Gasteiger partial charge is 0.243 e. The standard InChI is InChI=1S/C24H28N4O3S/c1-17-7-8-22(15-18(17)2)32(30,31)28-12-9-19(10-13-28)24(29)26-21-6-4-5-20(16-21)23-25-11-14-27(23)3/h4-8,11,14-16,19H,9-10,12-13H2,1-3H3,(H,26,29). The van der Waals surface area contributed by atoms with E-state index >= 15 is 0 Å². The summed E-state index contributed by atoms with van der Waals surface area (Å²) in [7, 11) is -1.63. The van der Waals surface area contributed by atoms with Crippen LogP contribution in [0.5, 0.6) is 0 Å². The second-order valence-electron chi connectivity index (χ2n) is 8.36. The zero-order chi connectivity index (χ0) is 22.9. The number of carbonyl (C=O) groups excluding carboxylic acids is 1. The van der Waals surface area contributed by atoms with Gasteiger partial charge in [-0.3, -0.25) is 4.79 Å². The van der Waals surface area contributed by atoms with Gasteiger partial charge in [0, 0.05) is 49.7 Å². The number of nitrogens with zero attached hydrogens (tertiary/aromatic N) is 3. The van der Waals surface area contributed by atoms with Crippen LogP contribution in [0.15, 0.2) is 59.8 Å². The molecule has 4 rings (SSSR count). The Morgan fingerprint density at radius 3 is 2.47 bits per heavy atom. The molecular formula is C24H28N4O3S. The van der Waals surface area contributed by atoms with Crippen LogP contribution in [-0.2, 0) is 21.9 Å². The number of benzene rings is 2. The molecule has 0 radical (unpaired) electrons. The van der Waals surface area contributed by atoms with Gasteiger partial charge in [-0.25, -0.2) is 13.4 Å². The molecule has 8 heteroatoms. The second kappa shape index (κ2) is 8.88. The van der Waals surface area contributed by atoms with Crippen molar-refractivity contribution in [2.45, 2.75) is 31.6 Å². The number of amides is 1. The zero-order valence-corrected chi connectivity index (χ0v) is 19.4. The zero-order valence-electron chi connectivity index (χ0n) is 18.6. The maximum atomic E-state index is 13.0. The number of anilines is 1. The Labute approximate surface area is 189 Å². The highest BCUT2D eigenvalue weighted by molar-refractivity contribution is 7.89. The third-order valence-electron chi connectivity index (χ3n) is 6.15. The molecule has 2 heterocycles. The minimum Gasteiger partial charge on any atom is -0.334 e. The van der Waals surface area contributed by atoms with Gasteiger partial charge in [-0.15, -0.1) is 0 Å². The molecule has 0 bridgehead atoms. The highest BCUT2D eigenvalue weighted by Gasteiger charge is 2.32. The van der Waals surface area contributed by atoms with Crippen LogP contribution in [0.4, 0.5) is 5.69 Å². The molecule has 1 aromatic heterocycles. The van der Waals surface area contributed by atoms with Crippen LogP contribution < -0.4 is 5.32 Å². The molecule has 32 heavy (non-hydrogen) atoms. The van der Waals surface area contributed by atoms with Gasteiger partial charge in [0.1, 0.15) is 5.82 Å². The number of aryl methyl sites for hydroxylation is 3. The molecule has 1 N–H and O–H groups in total. The third kappa shape index (κ3) is 4.47. The number of rotatable bonds is 5. The molecule has 1 fully saturated rings. The number of hydrogen-bond donors (Lipinski definition) is 1. The summed E-state index contributed by atoms with van der Waals surface area (Å²) in [5.74, 6) is 0.522. The van der Waals surface area contributed by atoms with Crippen molar-refractivity contribution in [1.82, 2.24) is 13.9 Å². The molecule has 3 aromatic rings. The average Bonchev–Trinajstić information content (AvgIpc) is 3.21. The van der Waals surface area contributed by atoms with Crippen molar-refractivity contribution in [3.63, 3.8) is 0 Å².